The second-order valence-electron chi connectivity index (χ2n) is 3.83. The van der Waals surface area contributed by atoms with Crippen molar-refractivity contribution in [2.24, 2.45) is 0 Å². The molecule has 0 aliphatic carbocycles. The summed E-state index contributed by atoms with van der Waals surface area (Å²) in [5.74, 6) is 1.73. The Morgan fingerprint density at radius 3 is 2.61 bits per heavy atom. The van der Waals surface area contributed by atoms with E-state index in [1.165, 1.54) is 0 Å². The van der Waals surface area contributed by atoms with E-state index in [4.69, 9.17) is 0 Å². The Hall–Kier alpha value is -2.17. The van der Waals surface area contributed by atoms with Gasteiger partial charge in [-0.15, -0.1) is 0 Å². The fourth-order valence-electron chi connectivity index (χ4n) is 1.79. The minimum absolute atomic E-state index is 0.661. The number of nitrogens with zero attached hydrogens (tertiary/aromatic N) is 3. The van der Waals surface area contributed by atoms with Crippen molar-refractivity contribution >= 4 is 11.6 Å². The molecule has 0 unspecified atom stereocenters. The molecule has 2 rings (SSSR count). The summed E-state index contributed by atoms with van der Waals surface area (Å²) in [4.78, 5) is 12.8. The lowest BCUT2D eigenvalue weighted by atomic mass is 10.2. The maximum atomic E-state index is 4.28. The van der Waals surface area contributed by atoms with Gasteiger partial charge in [-0.25, -0.2) is 9.97 Å². The molecule has 0 saturated carbocycles. The second-order valence-corrected chi connectivity index (χ2v) is 3.83. The van der Waals surface area contributed by atoms with Gasteiger partial charge in [0.25, 0.3) is 0 Å². The first-order valence-electron chi connectivity index (χ1n) is 6.00. The molecule has 0 spiro atoms. The van der Waals surface area contributed by atoms with Crippen molar-refractivity contribution in [3.63, 3.8) is 0 Å². The third kappa shape index (κ3) is 2.74. The molecule has 0 saturated heterocycles. The van der Waals surface area contributed by atoms with Crippen LogP contribution in [0.15, 0.2) is 30.7 Å². The van der Waals surface area contributed by atoms with Crippen molar-refractivity contribution in [3.8, 4) is 0 Å². The van der Waals surface area contributed by atoms with E-state index >= 15 is 0 Å². The van der Waals surface area contributed by atoms with Crippen LogP contribution in [0.5, 0.6) is 0 Å². The van der Waals surface area contributed by atoms with Gasteiger partial charge in [0.1, 0.15) is 18.0 Å². The summed E-state index contributed by atoms with van der Waals surface area (Å²) in [6, 6.07) is 5.87. The molecule has 0 radical (unpaired) electrons. The molecule has 0 bridgehead atoms. The average molecular weight is 243 g/mol. The number of hydrogen-bond donors (Lipinski definition) is 2. The Morgan fingerprint density at radius 1 is 1.11 bits per heavy atom. The van der Waals surface area contributed by atoms with E-state index in [1.807, 2.05) is 25.2 Å². The molecule has 0 aliphatic rings. The average Bonchev–Trinajstić information content (AvgIpc) is 2.45. The fourth-order valence-corrected chi connectivity index (χ4v) is 1.79. The zero-order valence-electron chi connectivity index (χ0n) is 10.6. The first kappa shape index (κ1) is 12.3. The lowest BCUT2D eigenvalue weighted by Crippen LogP contribution is -2.08. The first-order valence-corrected chi connectivity index (χ1v) is 6.00. The van der Waals surface area contributed by atoms with Gasteiger partial charge in [-0.2, -0.15) is 0 Å². The van der Waals surface area contributed by atoms with Crippen LogP contribution >= 0.6 is 0 Å². The molecular formula is C13H17N5. The molecule has 94 valence electrons. The lowest BCUT2D eigenvalue weighted by molar-refractivity contribution is 0.986. The highest BCUT2D eigenvalue weighted by molar-refractivity contribution is 5.57. The number of pyridine rings is 1. The normalized spacial score (nSPS) is 10.1. The molecule has 2 aromatic rings. The summed E-state index contributed by atoms with van der Waals surface area (Å²) in [5.41, 5.74) is 2.08. The highest BCUT2D eigenvalue weighted by Crippen LogP contribution is 2.20. The van der Waals surface area contributed by atoms with Gasteiger partial charge < -0.3 is 10.6 Å². The Kier molecular flexibility index (Phi) is 4.06. The van der Waals surface area contributed by atoms with E-state index in [-0.39, 0.29) is 0 Å². The Bertz CT molecular complexity index is 498. The van der Waals surface area contributed by atoms with Crippen molar-refractivity contribution in [3.05, 3.63) is 42.0 Å². The molecule has 18 heavy (non-hydrogen) atoms. The predicted molar refractivity (Wildman–Crippen MR) is 72.5 cm³/mol. The van der Waals surface area contributed by atoms with Gasteiger partial charge in [-0.3, -0.25) is 4.98 Å². The van der Waals surface area contributed by atoms with E-state index in [2.05, 4.69) is 32.5 Å². The largest absolute Gasteiger partial charge is 0.373 e. The third-order valence-corrected chi connectivity index (χ3v) is 2.70. The number of anilines is 2. The minimum atomic E-state index is 0.661. The number of nitrogens with one attached hydrogen (secondary N) is 2. The van der Waals surface area contributed by atoms with Crippen LogP contribution in [0.2, 0.25) is 0 Å². The molecule has 5 nitrogen and oxygen atoms in total. The summed E-state index contributed by atoms with van der Waals surface area (Å²) in [6.07, 6.45) is 4.23. The van der Waals surface area contributed by atoms with E-state index in [1.54, 1.807) is 12.5 Å². The first-order chi connectivity index (χ1) is 8.85. The molecule has 0 amide bonds. The van der Waals surface area contributed by atoms with Gasteiger partial charge in [-0.05, 0) is 18.6 Å². The van der Waals surface area contributed by atoms with Crippen LogP contribution in [-0.2, 0) is 13.0 Å². The fraction of sp³-hybridized carbons (Fsp3) is 0.308. The van der Waals surface area contributed by atoms with Crippen LogP contribution < -0.4 is 10.6 Å². The van der Waals surface area contributed by atoms with Gasteiger partial charge in [0, 0.05) is 18.8 Å². The smallest absolute Gasteiger partial charge is 0.135 e. The summed E-state index contributed by atoms with van der Waals surface area (Å²) in [5, 5.41) is 6.38. The summed E-state index contributed by atoms with van der Waals surface area (Å²) in [6.45, 7) is 2.75. The zero-order valence-corrected chi connectivity index (χ0v) is 10.6. The Labute approximate surface area is 107 Å². The number of aromatic nitrogens is 3. The molecule has 0 atom stereocenters. The molecular weight excluding hydrogens is 226 g/mol. The monoisotopic (exact) mass is 243 g/mol. The molecule has 2 heterocycles. The van der Waals surface area contributed by atoms with Crippen molar-refractivity contribution in [2.45, 2.75) is 19.9 Å². The van der Waals surface area contributed by atoms with Crippen LogP contribution in [0.4, 0.5) is 11.6 Å². The second kappa shape index (κ2) is 5.95. The van der Waals surface area contributed by atoms with E-state index < -0.39 is 0 Å². The molecule has 0 aromatic carbocycles. The van der Waals surface area contributed by atoms with Crippen LogP contribution in [0, 0.1) is 0 Å². The van der Waals surface area contributed by atoms with E-state index in [9.17, 15) is 0 Å². The van der Waals surface area contributed by atoms with Crippen LogP contribution in [0.25, 0.3) is 0 Å². The van der Waals surface area contributed by atoms with Gasteiger partial charge in [0.05, 0.1) is 12.2 Å². The zero-order chi connectivity index (χ0) is 12.8. The quantitative estimate of drug-likeness (QED) is 0.842. The van der Waals surface area contributed by atoms with E-state index in [0.29, 0.717) is 6.54 Å². The molecule has 5 heteroatoms. The molecule has 0 aliphatic heterocycles. The number of hydrogen-bond acceptors (Lipinski definition) is 5. The maximum absolute atomic E-state index is 4.28. The Morgan fingerprint density at radius 2 is 1.94 bits per heavy atom. The van der Waals surface area contributed by atoms with Gasteiger partial charge in [0.15, 0.2) is 0 Å². The third-order valence-electron chi connectivity index (χ3n) is 2.70. The van der Waals surface area contributed by atoms with Crippen molar-refractivity contribution in [1.29, 1.82) is 0 Å². The Balaban J connectivity index is 2.14. The standard InChI is InChI=1S/C13H17N5/c1-3-11-12(14-2)17-9-18-13(11)16-8-10-6-4-5-7-15-10/h4-7,9H,3,8H2,1-2H3,(H2,14,16,17,18). The SMILES string of the molecule is CCc1c(NC)ncnc1NCc1ccccn1. The van der Waals surface area contributed by atoms with Gasteiger partial charge in [0.2, 0.25) is 0 Å². The number of rotatable bonds is 5. The van der Waals surface area contributed by atoms with Crippen molar-refractivity contribution < 1.29 is 0 Å². The van der Waals surface area contributed by atoms with Crippen molar-refractivity contribution in [1.82, 2.24) is 15.0 Å². The lowest BCUT2D eigenvalue weighted by Gasteiger charge is -2.12. The molecule has 2 N–H and O–H groups in total. The summed E-state index contributed by atoms with van der Waals surface area (Å²) >= 11 is 0. The topological polar surface area (TPSA) is 62.7 Å². The van der Waals surface area contributed by atoms with Crippen LogP contribution in [0.3, 0.4) is 0 Å². The van der Waals surface area contributed by atoms with E-state index in [0.717, 1.165) is 29.3 Å². The minimum Gasteiger partial charge on any atom is -0.373 e. The van der Waals surface area contributed by atoms with Crippen molar-refractivity contribution in [2.75, 3.05) is 17.7 Å². The summed E-state index contributed by atoms with van der Waals surface area (Å²) < 4.78 is 0. The van der Waals surface area contributed by atoms with Gasteiger partial charge in [-0.1, -0.05) is 13.0 Å². The summed E-state index contributed by atoms with van der Waals surface area (Å²) in [7, 11) is 1.87. The predicted octanol–water partition coefficient (Wildman–Crippen LogP) is 2.09. The highest BCUT2D eigenvalue weighted by Gasteiger charge is 2.08. The van der Waals surface area contributed by atoms with Crippen LogP contribution in [0.1, 0.15) is 18.2 Å². The molecule has 0 fully saturated rings. The molecule has 2 aromatic heterocycles. The maximum Gasteiger partial charge on any atom is 0.135 e. The van der Waals surface area contributed by atoms with Gasteiger partial charge >= 0.3 is 0 Å². The highest BCUT2D eigenvalue weighted by atomic mass is 15.1. The van der Waals surface area contributed by atoms with Crippen LogP contribution in [-0.4, -0.2) is 22.0 Å².